The van der Waals surface area contributed by atoms with E-state index in [9.17, 15) is 4.79 Å². The van der Waals surface area contributed by atoms with Gasteiger partial charge in [0.2, 0.25) is 0 Å². The Bertz CT molecular complexity index is 498. The van der Waals surface area contributed by atoms with Gasteiger partial charge in [0, 0.05) is 25.3 Å². The number of likely N-dealkylation sites (N-methyl/N-ethyl adjacent to an activating group) is 1. The third kappa shape index (κ3) is 3.92. The van der Waals surface area contributed by atoms with Gasteiger partial charge in [0.15, 0.2) is 0 Å². The van der Waals surface area contributed by atoms with Gasteiger partial charge in [-0.2, -0.15) is 0 Å². The van der Waals surface area contributed by atoms with Gasteiger partial charge in [0.25, 0.3) is 0 Å². The largest absolute Gasteiger partial charge is 0.478 e. The lowest BCUT2D eigenvalue weighted by molar-refractivity contribution is -0.131. The summed E-state index contributed by atoms with van der Waals surface area (Å²) in [4.78, 5) is 12.8. The van der Waals surface area contributed by atoms with Gasteiger partial charge in [-0.3, -0.25) is 4.90 Å². The van der Waals surface area contributed by atoms with E-state index in [1.165, 1.54) is 5.56 Å². The standard InChI is InChI=1S/C16H21NO3/c1-12-15(8-9-20-12)17(2)11-14-5-3-4-13(10-14)6-7-16(18)19/h3-7,10,12,15H,8-9,11H2,1-2H3,(H,18,19)/b7-6+. The van der Waals surface area contributed by atoms with Crippen molar-refractivity contribution in [3.8, 4) is 0 Å². The third-order valence-corrected chi connectivity index (χ3v) is 3.70. The number of carbonyl (C=O) groups is 1. The third-order valence-electron chi connectivity index (χ3n) is 3.70. The number of hydrogen-bond acceptors (Lipinski definition) is 3. The summed E-state index contributed by atoms with van der Waals surface area (Å²) in [6, 6.07) is 8.41. The van der Waals surface area contributed by atoms with Crippen molar-refractivity contribution in [1.29, 1.82) is 0 Å². The lowest BCUT2D eigenvalue weighted by atomic mass is 10.1. The molecule has 1 aromatic carbocycles. The number of benzene rings is 1. The van der Waals surface area contributed by atoms with Crippen LogP contribution in [-0.4, -0.2) is 41.8 Å². The molecule has 1 fully saturated rings. The average molecular weight is 275 g/mol. The molecule has 1 saturated heterocycles. The second-order valence-corrected chi connectivity index (χ2v) is 5.26. The normalized spacial score (nSPS) is 22.8. The molecule has 1 N–H and O–H groups in total. The van der Waals surface area contributed by atoms with Crippen molar-refractivity contribution in [2.75, 3.05) is 13.7 Å². The predicted octanol–water partition coefficient (Wildman–Crippen LogP) is 2.39. The molecule has 0 radical (unpaired) electrons. The van der Waals surface area contributed by atoms with Crippen LogP contribution >= 0.6 is 0 Å². The summed E-state index contributed by atoms with van der Waals surface area (Å²) in [7, 11) is 2.11. The summed E-state index contributed by atoms with van der Waals surface area (Å²) in [6.45, 7) is 3.78. The highest BCUT2D eigenvalue weighted by molar-refractivity contribution is 5.85. The van der Waals surface area contributed by atoms with E-state index in [0.717, 1.165) is 31.2 Å². The van der Waals surface area contributed by atoms with Gasteiger partial charge in [-0.05, 0) is 37.6 Å². The van der Waals surface area contributed by atoms with Gasteiger partial charge in [-0.15, -0.1) is 0 Å². The maximum absolute atomic E-state index is 10.5. The van der Waals surface area contributed by atoms with E-state index >= 15 is 0 Å². The van der Waals surface area contributed by atoms with Gasteiger partial charge in [0.1, 0.15) is 0 Å². The van der Waals surface area contributed by atoms with E-state index in [4.69, 9.17) is 9.84 Å². The topological polar surface area (TPSA) is 49.8 Å². The zero-order valence-electron chi connectivity index (χ0n) is 12.0. The van der Waals surface area contributed by atoms with Crippen LogP contribution in [0.25, 0.3) is 6.08 Å². The molecule has 0 aliphatic carbocycles. The molecule has 2 rings (SSSR count). The van der Waals surface area contributed by atoms with Gasteiger partial charge in [-0.25, -0.2) is 4.79 Å². The zero-order valence-corrected chi connectivity index (χ0v) is 12.0. The van der Waals surface area contributed by atoms with Gasteiger partial charge < -0.3 is 9.84 Å². The van der Waals surface area contributed by atoms with Crippen LogP contribution in [0, 0.1) is 0 Å². The molecule has 0 bridgehead atoms. The van der Waals surface area contributed by atoms with Crippen molar-refractivity contribution < 1.29 is 14.6 Å². The molecular formula is C16H21NO3. The number of rotatable bonds is 5. The number of hydrogen-bond donors (Lipinski definition) is 1. The van der Waals surface area contributed by atoms with E-state index < -0.39 is 5.97 Å². The number of carboxylic acids is 1. The number of carboxylic acid groups (broad SMARTS) is 1. The summed E-state index contributed by atoms with van der Waals surface area (Å²) >= 11 is 0. The maximum Gasteiger partial charge on any atom is 0.328 e. The van der Waals surface area contributed by atoms with Crippen LogP contribution in [0.15, 0.2) is 30.3 Å². The monoisotopic (exact) mass is 275 g/mol. The van der Waals surface area contributed by atoms with Crippen LogP contribution in [0.4, 0.5) is 0 Å². The fourth-order valence-electron chi connectivity index (χ4n) is 2.67. The first-order valence-corrected chi connectivity index (χ1v) is 6.88. The molecule has 0 saturated carbocycles. The average Bonchev–Trinajstić information content (AvgIpc) is 2.83. The summed E-state index contributed by atoms with van der Waals surface area (Å²) in [6.07, 6.45) is 4.12. The summed E-state index contributed by atoms with van der Waals surface area (Å²) < 4.78 is 5.59. The van der Waals surface area contributed by atoms with Crippen LogP contribution in [0.3, 0.4) is 0 Å². The first kappa shape index (κ1) is 14.8. The molecule has 2 unspecified atom stereocenters. The Balaban J connectivity index is 2.02. The minimum Gasteiger partial charge on any atom is -0.478 e. The molecule has 4 nitrogen and oxygen atoms in total. The minimum absolute atomic E-state index is 0.273. The predicted molar refractivity (Wildman–Crippen MR) is 78.4 cm³/mol. The van der Waals surface area contributed by atoms with Gasteiger partial charge >= 0.3 is 5.97 Å². The highest BCUT2D eigenvalue weighted by atomic mass is 16.5. The van der Waals surface area contributed by atoms with E-state index in [-0.39, 0.29) is 6.10 Å². The van der Waals surface area contributed by atoms with E-state index in [1.54, 1.807) is 6.08 Å². The van der Waals surface area contributed by atoms with Gasteiger partial charge in [-0.1, -0.05) is 24.3 Å². The Morgan fingerprint density at radius 3 is 3.00 bits per heavy atom. The van der Waals surface area contributed by atoms with Crippen molar-refractivity contribution in [2.24, 2.45) is 0 Å². The molecule has 0 aromatic heterocycles. The zero-order chi connectivity index (χ0) is 14.5. The lowest BCUT2D eigenvalue weighted by Crippen LogP contribution is -2.36. The molecule has 108 valence electrons. The quantitative estimate of drug-likeness (QED) is 0.838. The Labute approximate surface area is 119 Å². The molecule has 20 heavy (non-hydrogen) atoms. The van der Waals surface area contributed by atoms with Crippen molar-refractivity contribution in [3.63, 3.8) is 0 Å². The molecule has 0 amide bonds. The Morgan fingerprint density at radius 1 is 1.55 bits per heavy atom. The molecule has 1 aromatic rings. The summed E-state index contributed by atoms with van der Waals surface area (Å²) in [5.74, 6) is -0.926. The Morgan fingerprint density at radius 2 is 2.35 bits per heavy atom. The highest BCUT2D eigenvalue weighted by Gasteiger charge is 2.27. The Hall–Kier alpha value is -1.65. The van der Waals surface area contributed by atoms with Crippen LogP contribution in [0.2, 0.25) is 0 Å². The molecule has 2 atom stereocenters. The van der Waals surface area contributed by atoms with E-state index in [1.807, 2.05) is 18.2 Å². The number of aliphatic carboxylic acids is 1. The fraction of sp³-hybridized carbons (Fsp3) is 0.438. The lowest BCUT2D eigenvalue weighted by Gasteiger charge is -2.26. The van der Waals surface area contributed by atoms with Crippen LogP contribution in [0.1, 0.15) is 24.5 Å². The number of nitrogens with zero attached hydrogens (tertiary/aromatic N) is 1. The smallest absolute Gasteiger partial charge is 0.328 e. The van der Waals surface area contributed by atoms with Crippen LogP contribution in [-0.2, 0) is 16.1 Å². The maximum atomic E-state index is 10.5. The molecule has 1 aliphatic heterocycles. The number of ether oxygens (including phenoxy) is 1. The second kappa shape index (κ2) is 6.68. The first-order valence-electron chi connectivity index (χ1n) is 6.88. The first-order chi connectivity index (χ1) is 9.56. The molecule has 1 aliphatic rings. The van der Waals surface area contributed by atoms with Gasteiger partial charge in [0.05, 0.1) is 6.10 Å². The van der Waals surface area contributed by atoms with E-state index in [0.29, 0.717) is 6.04 Å². The molecule has 0 spiro atoms. The Kier molecular flexibility index (Phi) is 4.93. The molecule has 4 heteroatoms. The SMILES string of the molecule is CC1OCCC1N(C)Cc1cccc(/C=C/C(=O)O)c1. The molecular weight excluding hydrogens is 254 g/mol. The van der Waals surface area contributed by atoms with Crippen molar-refractivity contribution >= 4 is 12.0 Å². The fourth-order valence-corrected chi connectivity index (χ4v) is 2.67. The van der Waals surface area contributed by atoms with E-state index in [2.05, 4.69) is 24.9 Å². The van der Waals surface area contributed by atoms with Crippen molar-refractivity contribution in [1.82, 2.24) is 4.90 Å². The highest BCUT2D eigenvalue weighted by Crippen LogP contribution is 2.20. The minimum atomic E-state index is -0.926. The van der Waals surface area contributed by atoms with Crippen LogP contribution < -0.4 is 0 Å². The molecule has 1 heterocycles. The van der Waals surface area contributed by atoms with Crippen LogP contribution in [0.5, 0.6) is 0 Å². The summed E-state index contributed by atoms with van der Waals surface area (Å²) in [5.41, 5.74) is 2.09. The van der Waals surface area contributed by atoms with Crippen molar-refractivity contribution in [3.05, 3.63) is 41.5 Å². The second-order valence-electron chi connectivity index (χ2n) is 5.26. The summed E-state index contributed by atoms with van der Waals surface area (Å²) in [5, 5.41) is 8.65. The van der Waals surface area contributed by atoms with Crippen molar-refractivity contribution in [2.45, 2.75) is 32.0 Å².